The number of allylic oxidation sites excluding steroid dienone is 1. The Labute approximate surface area is 211 Å². The van der Waals surface area contributed by atoms with E-state index in [1.54, 1.807) is 6.92 Å². The van der Waals surface area contributed by atoms with Crippen molar-refractivity contribution in [3.63, 3.8) is 0 Å². The van der Waals surface area contributed by atoms with E-state index in [0.29, 0.717) is 29.2 Å². The third-order valence-electron chi connectivity index (χ3n) is 13.3. The van der Waals surface area contributed by atoms with Crippen molar-refractivity contribution < 1.29 is 25.2 Å². The zero-order valence-corrected chi connectivity index (χ0v) is 22.7. The van der Waals surface area contributed by atoms with Crippen LogP contribution >= 0.6 is 0 Å². The minimum Gasteiger partial charge on any atom is -0.478 e. The van der Waals surface area contributed by atoms with Crippen molar-refractivity contribution in [2.45, 2.75) is 118 Å². The fraction of sp³-hybridized carbons (Fsp3) is 0.900. The maximum absolute atomic E-state index is 12.0. The summed E-state index contributed by atoms with van der Waals surface area (Å²) in [6, 6.07) is 0. The molecule has 5 fully saturated rings. The molecule has 0 saturated heterocycles. The molecule has 0 aromatic carbocycles. The third-order valence-corrected chi connectivity index (χ3v) is 13.3. The van der Waals surface area contributed by atoms with Crippen molar-refractivity contribution in [3.8, 4) is 0 Å². The van der Waals surface area contributed by atoms with Crippen LogP contribution in [-0.4, -0.2) is 44.7 Å². The fourth-order valence-electron chi connectivity index (χ4n) is 11.2. The molecular weight excluding hydrogens is 440 g/mol. The van der Waals surface area contributed by atoms with E-state index in [9.17, 15) is 25.2 Å². The van der Waals surface area contributed by atoms with E-state index in [2.05, 4.69) is 34.6 Å². The first-order valence-corrected chi connectivity index (χ1v) is 14.1. The van der Waals surface area contributed by atoms with Gasteiger partial charge in [-0.2, -0.15) is 0 Å². The van der Waals surface area contributed by atoms with E-state index in [4.69, 9.17) is 0 Å². The Bertz CT molecular complexity index is 926. The Balaban J connectivity index is 1.44. The van der Waals surface area contributed by atoms with Crippen LogP contribution in [0.5, 0.6) is 0 Å². The molecule has 198 valence electrons. The molecule has 2 spiro atoms. The highest BCUT2D eigenvalue weighted by Crippen LogP contribution is 2.88. The number of aliphatic hydroxyl groups excluding tert-OH is 3. The first-order valence-electron chi connectivity index (χ1n) is 14.1. The van der Waals surface area contributed by atoms with Gasteiger partial charge in [0.1, 0.15) is 0 Å². The summed E-state index contributed by atoms with van der Waals surface area (Å²) in [4.78, 5) is 11.2. The lowest BCUT2D eigenvalue weighted by Crippen LogP contribution is -2.63. The van der Waals surface area contributed by atoms with Gasteiger partial charge in [-0.1, -0.05) is 40.7 Å². The Morgan fingerprint density at radius 3 is 2.31 bits per heavy atom. The molecule has 0 amide bonds. The number of aliphatic carboxylic acids is 1. The predicted molar refractivity (Wildman–Crippen MR) is 135 cm³/mol. The zero-order valence-electron chi connectivity index (χ0n) is 22.7. The summed E-state index contributed by atoms with van der Waals surface area (Å²) in [6.45, 7) is 13.1. The zero-order chi connectivity index (χ0) is 25.8. The normalized spacial score (nSPS) is 53.1. The highest BCUT2D eigenvalue weighted by atomic mass is 16.4. The summed E-state index contributed by atoms with van der Waals surface area (Å²) < 4.78 is 0. The molecule has 5 saturated carbocycles. The van der Waals surface area contributed by atoms with Gasteiger partial charge in [0.25, 0.3) is 0 Å². The monoisotopic (exact) mass is 488 g/mol. The van der Waals surface area contributed by atoms with Gasteiger partial charge in [-0.15, -0.1) is 0 Å². The van der Waals surface area contributed by atoms with Crippen molar-refractivity contribution in [2.24, 2.45) is 50.7 Å². The number of fused-ring (bicyclic) bond motifs is 2. The number of hydrogen-bond donors (Lipinski definition) is 4. The number of carboxylic acid groups (broad SMARTS) is 1. The van der Waals surface area contributed by atoms with Crippen LogP contribution in [0.15, 0.2) is 11.6 Å². The number of carboxylic acids is 1. The molecule has 5 aliphatic rings. The van der Waals surface area contributed by atoms with E-state index in [1.807, 2.05) is 6.08 Å². The summed E-state index contributed by atoms with van der Waals surface area (Å²) in [5.41, 5.74) is -0.0978. The second kappa shape index (κ2) is 7.80. The molecule has 0 heterocycles. The molecule has 0 aromatic heterocycles. The van der Waals surface area contributed by atoms with Crippen LogP contribution < -0.4 is 0 Å². The number of aliphatic hydroxyl groups is 3. The third kappa shape index (κ3) is 3.01. The van der Waals surface area contributed by atoms with Gasteiger partial charge in [0.15, 0.2) is 0 Å². The molecule has 5 heteroatoms. The van der Waals surface area contributed by atoms with Crippen molar-refractivity contribution >= 4 is 5.97 Å². The molecule has 0 aliphatic heterocycles. The standard InChI is InChI=1S/C30H48O5/c1-17(8-7-9-18(2)25(34)35)19-14-23(32)28(6)21-11-10-20-26(3,4)22(31)12-13-29(20)16-30(21,29)24(33)15-27(19,28)5/h9,17,19-24,31-33H,7-8,10-16H2,1-6H3,(H,34,35)/b18-9-/t17-,19-,20-,21+,22-,23-,24+,27+,28+,29-,30+/m0/s1. The first kappa shape index (κ1) is 25.7. The summed E-state index contributed by atoms with van der Waals surface area (Å²) in [7, 11) is 0. The van der Waals surface area contributed by atoms with E-state index in [1.165, 1.54) is 0 Å². The van der Waals surface area contributed by atoms with Gasteiger partial charge in [0.2, 0.25) is 0 Å². The molecule has 0 radical (unpaired) electrons. The smallest absolute Gasteiger partial charge is 0.330 e. The number of hydrogen-bond acceptors (Lipinski definition) is 4. The van der Waals surface area contributed by atoms with E-state index in [-0.39, 0.29) is 45.4 Å². The fourth-order valence-corrected chi connectivity index (χ4v) is 11.2. The van der Waals surface area contributed by atoms with E-state index >= 15 is 0 Å². The van der Waals surface area contributed by atoms with Crippen molar-refractivity contribution in [2.75, 3.05) is 0 Å². The van der Waals surface area contributed by atoms with Crippen LogP contribution in [0.25, 0.3) is 0 Å². The molecule has 4 N–H and O–H groups in total. The van der Waals surface area contributed by atoms with E-state index < -0.39 is 5.97 Å². The molecule has 5 rings (SSSR count). The lowest BCUT2D eigenvalue weighted by atomic mass is 9.40. The Morgan fingerprint density at radius 2 is 1.66 bits per heavy atom. The molecule has 0 aromatic rings. The molecule has 35 heavy (non-hydrogen) atoms. The number of rotatable bonds is 5. The van der Waals surface area contributed by atoms with Gasteiger partial charge in [-0.25, -0.2) is 4.79 Å². The summed E-state index contributed by atoms with van der Waals surface area (Å²) in [5, 5.41) is 43.7. The average molecular weight is 489 g/mol. The minimum atomic E-state index is -0.860. The van der Waals surface area contributed by atoms with Crippen molar-refractivity contribution in [1.29, 1.82) is 0 Å². The summed E-state index contributed by atoms with van der Waals surface area (Å²) in [6.07, 6.45) is 8.99. The summed E-state index contributed by atoms with van der Waals surface area (Å²) in [5.74, 6) is 0.554. The van der Waals surface area contributed by atoms with Crippen LogP contribution in [0, 0.1) is 50.7 Å². The van der Waals surface area contributed by atoms with Crippen LogP contribution in [0.2, 0.25) is 0 Å². The topological polar surface area (TPSA) is 98.0 Å². The predicted octanol–water partition coefficient (Wildman–Crippen LogP) is 5.18. The lowest BCUT2D eigenvalue weighted by molar-refractivity contribution is -0.218. The molecule has 0 unspecified atom stereocenters. The van der Waals surface area contributed by atoms with Crippen LogP contribution in [0.1, 0.15) is 99.3 Å². The van der Waals surface area contributed by atoms with Crippen molar-refractivity contribution in [3.05, 3.63) is 11.6 Å². The SMILES string of the molecule is C/C(=C/CC[C@H](C)[C@@H]1C[C@H](O)[C@@]2(C)[C@H]3CC[C@H]4C(C)(C)[C@@H](O)CC[C@]45C[C@]35[C@H](O)C[C@]12C)C(=O)O. The second-order valence-electron chi connectivity index (χ2n) is 14.5. The van der Waals surface area contributed by atoms with Gasteiger partial charge in [0.05, 0.1) is 18.3 Å². The lowest BCUT2D eigenvalue weighted by Gasteiger charge is -2.65. The molecule has 5 aliphatic carbocycles. The summed E-state index contributed by atoms with van der Waals surface area (Å²) >= 11 is 0. The highest BCUT2D eigenvalue weighted by Gasteiger charge is 2.85. The Morgan fingerprint density at radius 1 is 1.00 bits per heavy atom. The largest absolute Gasteiger partial charge is 0.478 e. The minimum absolute atomic E-state index is 0.109. The van der Waals surface area contributed by atoms with Gasteiger partial charge < -0.3 is 20.4 Å². The maximum atomic E-state index is 12.0. The van der Waals surface area contributed by atoms with Crippen molar-refractivity contribution in [1.82, 2.24) is 0 Å². The maximum Gasteiger partial charge on any atom is 0.330 e. The molecule has 11 atom stereocenters. The van der Waals surface area contributed by atoms with Gasteiger partial charge in [0, 0.05) is 16.4 Å². The quantitative estimate of drug-likeness (QED) is 0.400. The van der Waals surface area contributed by atoms with Gasteiger partial charge in [-0.05, 0) is 105 Å². The Kier molecular flexibility index (Phi) is 5.73. The van der Waals surface area contributed by atoms with Gasteiger partial charge in [-0.3, -0.25) is 0 Å². The molecule has 5 nitrogen and oxygen atoms in total. The Hall–Kier alpha value is -0.910. The molecule has 0 bridgehead atoms. The van der Waals surface area contributed by atoms with E-state index in [0.717, 1.165) is 57.8 Å². The molecular formula is C30H48O5. The van der Waals surface area contributed by atoms with Crippen LogP contribution in [-0.2, 0) is 4.79 Å². The van der Waals surface area contributed by atoms with Crippen LogP contribution in [0.3, 0.4) is 0 Å². The highest BCUT2D eigenvalue weighted by molar-refractivity contribution is 5.85. The van der Waals surface area contributed by atoms with Gasteiger partial charge >= 0.3 is 5.97 Å². The first-order chi connectivity index (χ1) is 16.2. The van der Waals surface area contributed by atoms with Crippen LogP contribution in [0.4, 0.5) is 0 Å². The second-order valence-corrected chi connectivity index (χ2v) is 14.5. The average Bonchev–Trinajstić information content (AvgIpc) is 3.43. The number of carbonyl (C=O) groups is 1.